The SMILES string of the molecule is CC1(C)c2ccccc2-c2c(-c3ccc4c5c(cccc35)-c3cc(-c5cccc6c5oc5ccccc56)ccc3O4)cccc21. The molecule has 8 aromatic rings. The van der Waals surface area contributed by atoms with E-state index in [4.69, 9.17) is 9.15 Å². The fraction of sp³-hybridized carbons (Fsp3) is 0.0698. The second-order valence-electron chi connectivity index (χ2n) is 12.8. The van der Waals surface area contributed by atoms with E-state index in [0.717, 1.165) is 55.5 Å². The van der Waals surface area contributed by atoms with E-state index in [2.05, 4.69) is 135 Å². The van der Waals surface area contributed by atoms with Crippen LogP contribution in [-0.4, -0.2) is 0 Å². The van der Waals surface area contributed by atoms with Gasteiger partial charge in [0.1, 0.15) is 22.7 Å². The summed E-state index contributed by atoms with van der Waals surface area (Å²) in [6, 6.07) is 47.9. The second-order valence-corrected chi connectivity index (χ2v) is 12.8. The largest absolute Gasteiger partial charge is 0.456 e. The van der Waals surface area contributed by atoms with Crippen LogP contribution in [0.5, 0.6) is 11.5 Å². The molecule has 0 N–H and O–H groups in total. The molecule has 1 aliphatic heterocycles. The number of rotatable bonds is 2. The molecule has 0 unspecified atom stereocenters. The predicted molar refractivity (Wildman–Crippen MR) is 185 cm³/mol. The summed E-state index contributed by atoms with van der Waals surface area (Å²) in [4.78, 5) is 0. The number of para-hydroxylation sites is 2. The molecule has 2 heterocycles. The van der Waals surface area contributed by atoms with Crippen molar-refractivity contribution >= 4 is 32.7 Å². The van der Waals surface area contributed by atoms with Crippen molar-refractivity contribution in [2.24, 2.45) is 0 Å². The zero-order valence-corrected chi connectivity index (χ0v) is 25.0. The molecule has 212 valence electrons. The highest BCUT2D eigenvalue weighted by molar-refractivity contribution is 6.13. The first-order valence-electron chi connectivity index (χ1n) is 15.6. The Balaban J connectivity index is 1.18. The maximum atomic E-state index is 6.63. The highest BCUT2D eigenvalue weighted by Gasteiger charge is 2.37. The van der Waals surface area contributed by atoms with Crippen LogP contribution in [0.2, 0.25) is 0 Å². The summed E-state index contributed by atoms with van der Waals surface area (Å²) in [6.45, 7) is 4.68. The van der Waals surface area contributed by atoms with Crippen molar-refractivity contribution in [3.05, 3.63) is 145 Å². The summed E-state index contributed by atoms with van der Waals surface area (Å²) in [5.74, 6) is 1.77. The molecule has 1 aromatic heterocycles. The van der Waals surface area contributed by atoms with Gasteiger partial charge in [0.05, 0.1) is 0 Å². The Labute approximate surface area is 261 Å². The minimum Gasteiger partial charge on any atom is -0.456 e. The molecule has 2 heteroatoms. The Hall–Kier alpha value is -5.60. The minimum absolute atomic E-state index is 0.0462. The van der Waals surface area contributed by atoms with Crippen LogP contribution >= 0.6 is 0 Å². The first-order chi connectivity index (χ1) is 22.1. The molecular formula is C43H28O2. The average molecular weight is 577 g/mol. The van der Waals surface area contributed by atoms with E-state index in [-0.39, 0.29) is 5.41 Å². The number of hydrogen-bond donors (Lipinski definition) is 0. The van der Waals surface area contributed by atoms with E-state index >= 15 is 0 Å². The van der Waals surface area contributed by atoms with Gasteiger partial charge in [0.25, 0.3) is 0 Å². The van der Waals surface area contributed by atoms with Crippen molar-refractivity contribution in [1.82, 2.24) is 0 Å². The molecular weight excluding hydrogens is 548 g/mol. The van der Waals surface area contributed by atoms with Gasteiger partial charge in [-0.25, -0.2) is 0 Å². The quantitative estimate of drug-likeness (QED) is 0.204. The molecule has 2 aliphatic rings. The monoisotopic (exact) mass is 576 g/mol. The minimum atomic E-state index is -0.0462. The molecule has 0 fully saturated rings. The van der Waals surface area contributed by atoms with Gasteiger partial charge in [0.2, 0.25) is 0 Å². The van der Waals surface area contributed by atoms with Crippen LogP contribution in [-0.2, 0) is 5.41 Å². The third-order valence-corrected chi connectivity index (χ3v) is 10.1. The lowest BCUT2D eigenvalue weighted by molar-refractivity contribution is 0.487. The van der Waals surface area contributed by atoms with E-state index in [1.165, 1.54) is 44.3 Å². The Morgan fingerprint density at radius 3 is 2.09 bits per heavy atom. The van der Waals surface area contributed by atoms with Crippen molar-refractivity contribution in [2.45, 2.75) is 19.3 Å². The highest BCUT2D eigenvalue weighted by atomic mass is 16.5. The van der Waals surface area contributed by atoms with Crippen LogP contribution < -0.4 is 4.74 Å². The summed E-state index contributed by atoms with van der Waals surface area (Å²) < 4.78 is 13.0. The van der Waals surface area contributed by atoms with Crippen LogP contribution in [0.1, 0.15) is 25.0 Å². The number of fused-ring (bicyclic) bond motifs is 8. The van der Waals surface area contributed by atoms with Crippen LogP contribution in [0.4, 0.5) is 0 Å². The third-order valence-electron chi connectivity index (χ3n) is 10.1. The van der Waals surface area contributed by atoms with Crippen molar-refractivity contribution in [3.63, 3.8) is 0 Å². The molecule has 10 rings (SSSR count). The molecule has 45 heavy (non-hydrogen) atoms. The molecule has 7 aromatic carbocycles. The fourth-order valence-electron chi connectivity index (χ4n) is 7.99. The molecule has 2 nitrogen and oxygen atoms in total. The molecule has 0 spiro atoms. The molecule has 1 aliphatic carbocycles. The van der Waals surface area contributed by atoms with E-state index in [9.17, 15) is 0 Å². The predicted octanol–water partition coefficient (Wildman–Crippen LogP) is 12.2. The lowest BCUT2D eigenvalue weighted by Gasteiger charge is -2.24. The number of furan rings is 1. The van der Waals surface area contributed by atoms with Crippen molar-refractivity contribution in [3.8, 4) is 56.0 Å². The first kappa shape index (κ1) is 24.8. The zero-order chi connectivity index (χ0) is 29.9. The van der Waals surface area contributed by atoms with E-state index in [1.54, 1.807) is 0 Å². The zero-order valence-electron chi connectivity index (χ0n) is 25.0. The Bertz CT molecular complexity index is 2550. The van der Waals surface area contributed by atoms with Gasteiger partial charge in [-0.3, -0.25) is 0 Å². The maximum Gasteiger partial charge on any atom is 0.143 e. The van der Waals surface area contributed by atoms with Gasteiger partial charge in [-0.1, -0.05) is 123 Å². The van der Waals surface area contributed by atoms with Crippen LogP contribution in [0.25, 0.3) is 77.2 Å². The normalized spacial score (nSPS) is 13.9. The Kier molecular flexibility index (Phi) is 4.82. The lowest BCUT2D eigenvalue weighted by Crippen LogP contribution is -2.14. The van der Waals surface area contributed by atoms with Gasteiger partial charge in [0.15, 0.2) is 0 Å². The van der Waals surface area contributed by atoms with E-state index < -0.39 is 0 Å². The first-order valence-corrected chi connectivity index (χ1v) is 15.6. The number of benzene rings is 7. The standard InChI is InChI=1S/C43H28O2/c1-43(2)35-17-5-3-11-33(35)40-29(15-9-18-36(40)43)27-21-23-39-41-30(27)13-8-14-31(41)34-24-25(20-22-38(34)44-39)26-12-7-16-32-28-10-4-6-19-37(28)45-42(26)32/h3-24H,1-2H3. The number of hydrogen-bond acceptors (Lipinski definition) is 2. The van der Waals surface area contributed by atoms with Crippen LogP contribution in [0.3, 0.4) is 0 Å². The van der Waals surface area contributed by atoms with Gasteiger partial charge in [-0.05, 0) is 74.2 Å². The Morgan fingerprint density at radius 1 is 0.467 bits per heavy atom. The van der Waals surface area contributed by atoms with Gasteiger partial charge < -0.3 is 9.15 Å². The van der Waals surface area contributed by atoms with Crippen LogP contribution in [0.15, 0.2) is 138 Å². The van der Waals surface area contributed by atoms with Gasteiger partial charge in [-0.2, -0.15) is 0 Å². The molecule has 0 radical (unpaired) electrons. The van der Waals surface area contributed by atoms with Gasteiger partial charge in [0, 0.05) is 32.7 Å². The summed E-state index contributed by atoms with van der Waals surface area (Å²) in [5.41, 5.74) is 14.2. The fourth-order valence-corrected chi connectivity index (χ4v) is 7.99. The van der Waals surface area contributed by atoms with E-state index in [0.29, 0.717) is 0 Å². The summed E-state index contributed by atoms with van der Waals surface area (Å²) in [6.07, 6.45) is 0. The van der Waals surface area contributed by atoms with Crippen molar-refractivity contribution in [2.75, 3.05) is 0 Å². The molecule has 0 atom stereocenters. The molecule has 0 amide bonds. The second kappa shape index (κ2) is 8.74. The lowest BCUT2D eigenvalue weighted by atomic mass is 9.81. The topological polar surface area (TPSA) is 22.4 Å². The molecule has 0 bridgehead atoms. The summed E-state index contributed by atoms with van der Waals surface area (Å²) >= 11 is 0. The van der Waals surface area contributed by atoms with Crippen molar-refractivity contribution in [1.29, 1.82) is 0 Å². The summed E-state index contributed by atoms with van der Waals surface area (Å²) in [7, 11) is 0. The Morgan fingerprint density at radius 2 is 1.16 bits per heavy atom. The smallest absolute Gasteiger partial charge is 0.143 e. The van der Waals surface area contributed by atoms with Gasteiger partial charge in [-0.15, -0.1) is 0 Å². The summed E-state index contributed by atoms with van der Waals surface area (Å²) in [5, 5.41) is 4.63. The van der Waals surface area contributed by atoms with Gasteiger partial charge >= 0.3 is 0 Å². The number of ether oxygens (including phenoxy) is 1. The van der Waals surface area contributed by atoms with E-state index in [1.807, 2.05) is 12.1 Å². The van der Waals surface area contributed by atoms with Crippen LogP contribution in [0, 0.1) is 0 Å². The third kappa shape index (κ3) is 3.29. The molecule has 0 saturated carbocycles. The highest BCUT2D eigenvalue weighted by Crippen LogP contribution is 2.55. The van der Waals surface area contributed by atoms with Crippen molar-refractivity contribution < 1.29 is 9.15 Å². The maximum absolute atomic E-state index is 6.63. The molecule has 0 saturated heterocycles. The average Bonchev–Trinajstić information content (AvgIpc) is 3.58.